The van der Waals surface area contributed by atoms with E-state index in [9.17, 15) is 14.0 Å². The van der Waals surface area contributed by atoms with Crippen LogP contribution < -0.4 is 5.69 Å². The highest BCUT2D eigenvalue weighted by molar-refractivity contribution is 5.86. The van der Waals surface area contributed by atoms with Crippen LogP contribution in [0, 0.1) is 5.82 Å². The minimum atomic E-state index is -0.460. The molecule has 0 bridgehead atoms. The molecule has 0 saturated heterocycles. The van der Waals surface area contributed by atoms with Crippen molar-refractivity contribution in [3.8, 4) is 0 Å². The van der Waals surface area contributed by atoms with Crippen molar-refractivity contribution in [3.05, 3.63) is 58.2 Å². The van der Waals surface area contributed by atoms with E-state index in [-0.39, 0.29) is 11.5 Å². The summed E-state index contributed by atoms with van der Waals surface area (Å²) in [7, 11) is 3.16. The van der Waals surface area contributed by atoms with Crippen LogP contribution in [0.4, 0.5) is 9.18 Å². The lowest BCUT2D eigenvalue weighted by Gasteiger charge is -2.10. The minimum Gasteiger partial charge on any atom is -0.330 e. The molecule has 3 aromatic rings. The molecular formula is C19H22FN5O2. The Bertz CT molecular complexity index is 1040. The number of carbonyl (C=O) groups is 1. The van der Waals surface area contributed by atoms with Crippen LogP contribution in [-0.4, -0.2) is 44.1 Å². The summed E-state index contributed by atoms with van der Waals surface area (Å²) >= 11 is 0. The molecule has 1 aromatic carbocycles. The normalized spacial score (nSPS) is 11.1. The first-order valence-electron chi connectivity index (χ1n) is 8.86. The zero-order valence-corrected chi connectivity index (χ0v) is 15.6. The number of halogens is 1. The molecule has 0 spiro atoms. The molecule has 0 saturated carbocycles. The molecule has 0 aliphatic heterocycles. The first-order valence-corrected chi connectivity index (χ1v) is 8.86. The summed E-state index contributed by atoms with van der Waals surface area (Å²) in [6, 6.07) is 6.09. The molecule has 0 aliphatic carbocycles. The van der Waals surface area contributed by atoms with Crippen molar-refractivity contribution < 1.29 is 9.18 Å². The number of hydrogen-bond donors (Lipinski definition) is 0. The zero-order chi connectivity index (χ0) is 19.6. The van der Waals surface area contributed by atoms with E-state index in [0.29, 0.717) is 36.3 Å². The average molecular weight is 371 g/mol. The Balaban J connectivity index is 2.02. The molecule has 0 radical (unpaired) electrons. The topological polar surface area (TPSA) is 73.0 Å². The first kappa shape index (κ1) is 18.8. The van der Waals surface area contributed by atoms with E-state index < -0.39 is 11.7 Å². The summed E-state index contributed by atoms with van der Waals surface area (Å²) in [6.45, 7) is 2.42. The van der Waals surface area contributed by atoms with Crippen LogP contribution in [0.1, 0.15) is 24.7 Å². The van der Waals surface area contributed by atoms with Gasteiger partial charge in [-0.15, -0.1) is 0 Å². The van der Waals surface area contributed by atoms with Gasteiger partial charge in [0.25, 0.3) is 0 Å². The molecule has 8 heteroatoms. The number of hydrogen-bond acceptors (Lipinski definition) is 4. The molecule has 2 aromatic heterocycles. The second-order valence-electron chi connectivity index (χ2n) is 6.53. The Morgan fingerprint density at radius 1 is 1.22 bits per heavy atom. The number of amides is 1. The van der Waals surface area contributed by atoms with Crippen LogP contribution in [0.3, 0.4) is 0 Å². The van der Waals surface area contributed by atoms with Gasteiger partial charge in [0.2, 0.25) is 0 Å². The van der Waals surface area contributed by atoms with Crippen molar-refractivity contribution in [3.63, 3.8) is 0 Å². The van der Waals surface area contributed by atoms with Gasteiger partial charge in [0.15, 0.2) is 5.65 Å². The van der Waals surface area contributed by atoms with Gasteiger partial charge in [-0.25, -0.2) is 23.9 Å². The van der Waals surface area contributed by atoms with E-state index in [0.717, 1.165) is 11.0 Å². The van der Waals surface area contributed by atoms with E-state index >= 15 is 0 Å². The highest BCUT2D eigenvalue weighted by Gasteiger charge is 2.21. The van der Waals surface area contributed by atoms with Gasteiger partial charge in [-0.2, -0.15) is 4.57 Å². The summed E-state index contributed by atoms with van der Waals surface area (Å²) in [5.41, 5.74) is 0.954. The zero-order valence-electron chi connectivity index (χ0n) is 15.6. The van der Waals surface area contributed by atoms with Gasteiger partial charge in [-0.1, -0.05) is 25.1 Å². The van der Waals surface area contributed by atoms with Crippen molar-refractivity contribution in [2.45, 2.75) is 32.7 Å². The predicted molar refractivity (Wildman–Crippen MR) is 100 cm³/mol. The maximum absolute atomic E-state index is 13.8. The molecule has 0 fully saturated rings. The number of fused-ring (bicyclic) bond motifs is 1. The van der Waals surface area contributed by atoms with Crippen LogP contribution >= 0.6 is 0 Å². The molecular weight excluding hydrogens is 349 g/mol. The van der Waals surface area contributed by atoms with Gasteiger partial charge in [-0.3, -0.25) is 4.57 Å². The number of benzene rings is 1. The van der Waals surface area contributed by atoms with Crippen LogP contribution in [0.25, 0.3) is 11.2 Å². The lowest BCUT2D eigenvalue weighted by Crippen LogP contribution is -2.36. The molecule has 3 rings (SSSR count). The summed E-state index contributed by atoms with van der Waals surface area (Å²) in [5.74, 6) is 0.187. The SMILES string of the molecule is CCCn1c(=O)n(C(=O)N(C)C)c2nc(CCc3ccccc3F)ncc21. The smallest absolute Gasteiger partial charge is 0.330 e. The Hall–Kier alpha value is -3.03. The van der Waals surface area contributed by atoms with Crippen LogP contribution in [0.15, 0.2) is 35.3 Å². The highest BCUT2D eigenvalue weighted by atomic mass is 19.1. The fourth-order valence-corrected chi connectivity index (χ4v) is 2.95. The molecule has 0 N–H and O–H groups in total. The summed E-state index contributed by atoms with van der Waals surface area (Å²) in [6.07, 6.45) is 3.14. The van der Waals surface area contributed by atoms with Crippen LogP contribution in [0.2, 0.25) is 0 Å². The fraction of sp³-hybridized carbons (Fsp3) is 0.368. The van der Waals surface area contributed by atoms with Crippen LogP contribution in [-0.2, 0) is 19.4 Å². The van der Waals surface area contributed by atoms with E-state index in [2.05, 4.69) is 9.97 Å². The summed E-state index contributed by atoms with van der Waals surface area (Å²) in [4.78, 5) is 35.3. The Morgan fingerprint density at radius 2 is 1.96 bits per heavy atom. The van der Waals surface area contributed by atoms with Gasteiger partial charge < -0.3 is 4.90 Å². The Morgan fingerprint density at radius 3 is 2.63 bits per heavy atom. The first-order chi connectivity index (χ1) is 12.9. The number of aromatic nitrogens is 4. The van der Waals surface area contributed by atoms with E-state index in [1.54, 1.807) is 38.5 Å². The van der Waals surface area contributed by atoms with Crippen molar-refractivity contribution in [1.82, 2.24) is 24.0 Å². The fourth-order valence-electron chi connectivity index (χ4n) is 2.95. The quantitative estimate of drug-likeness (QED) is 0.691. The Labute approximate surface area is 156 Å². The Kier molecular flexibility index (Phi) is 5.34. The van der Waals surface area contributed by atoms with Gasteiger partial charge in [0.1, 0.15) is 17.2 Å². The average Bonchev–Trinajstić information content (AvgIpc) is 2.92. The second kappa shape index (κ2) is 7.69. The van der Waals surface area contributed by atoms with Crippen LogP contribution in [0.5, 0.6) is 0 Å². The molecule has 0 aliphatic rings. The number of carbonyl (C=O) groups excluding carboxylic acids is 1. The van der Waals surface area contributed by atoms with E-state index in [4.69, 9.17) is 0 Å². The third-order valence-electron chi connectivity index (χ3n) is 4.32. The number of nitrogens with zero attached hydrogens (tertiary/aromatic N) is 5. The monoisotopic (exact) mass is 371 g/mol. The lowest BCUT2D eigenvalue weighted by molar-refractivity contribution is 0.219. The van der Waals surface area contributed by atoms with Gasteiger partial charge in [0, 0.05) is 27.1 Å². The maximum Gasteiger partial charge on any atom is 0.338 e. The molecule has 142 valence electrons. The molecule has 7 nitrogen and oxygen atoms in total. The standard InChI is InChI=1S/C19H22FN5O2/c1-4-11-24-15-12-21-16(10-9-13-7-5-6-8-14(13)20)22-17(15)25(19(24)27)18(26)23(2)3/h5-8,12H,4,9-11H2,1-3H3. The highest BCUT2D eigenvalue weighted by Crippen LogP contribution is 2.14. The molecule has 2 heterocycles. The molecule has 0 atom stereocenters. The number of rotatable bonds is 5. The third-order valence-corrected chi connectivity index (χ3v) is 4.32. The number of imidazole rings is 1. The van der Waals surface area contributed by atoms with Gasteiger partial charge in [-0.05, 0) is 24.5 Å². The van der Waals surface area contributed by atoms with Crippen molar-refractivity contribution in [2.24, 2.45) is 0 Å². The van der Waals surface area contributed by atoms with Gasteiger partial charge in [0.05, 0.1) is 6.20 Å². The molecule has 27 heavy (non-hydrogen) atoms. The number of aryl methyl sites for hydroxylation is 3. The minimum absolute atomic E-state index is 0.271. The van der Waals surface area contributed by atoms with Crippen molar-refractivity contribution in [1.29, 1.82) is 0 Å². The van der Waals surface area contributed by atoms with E-state index in [1.165, 1.54) is 15.5 Å². The third kappa shape index (κ3) is 3.60. The maximum atomic E-state index is 13.8. The summed E-state index contributed by atoms with van der Waals surface area (Å²) in [5, 5.41) is 0. The van der Waals surface area contributed by atoms with Gasteiger partial charge >= 0.3 is 11.7 Å². The lowest BCUT2D eigenvalue weighted by atomic mass is 10.1. The van der Waals surface area contributed by atoms with Crippen molar-refractivity contribution >= 4 is 17.2 Å². The largest absolute Gasteiger partial charge is 0.338 e. The van der Waals surface area contributed by atoms with E-state index in [1.807, 2.05) is 6.92 Å². The molecule has 0 unspecified atom stereocenters. The summed E-state index contributed by atoms with van der Waals surface area (Å²) < 4.78 is 16.4. The predicted octanol–water partition coefficient (Wildman–Crippen LogP) is 2.46. The van der Waals surface area contributed by atoms with Crippen molar-refractivity contribution in [2.75, 3.05) is 14.1 Å². The second-order valence-corrected chi connectivity index (χ2v) is 6.53. The molecule has 1 amide bonds.